The predicted octanol–water partition coefficient (Wildman–Crippen LogP) is 2.25. The minimum Gasteiger partial charge on any atom is -0.426 e. The number of hydrogen-bond donors (Lipinski definition) is 0. The summed E-state index contributed by atoms with van der Waals surface area (Å²) in [7, 11) is 0. The molecule has 12 heavy (non-hydrogen) atoms. The highest BCUT2D eigenvalue weighted by Gasteiger charge is 2.03. The van der Waals surface area contributed by atoms with E-state index in [2.05, 4.69) is 0 Å². The second kappa shape index (κ2) is 3.96. The number of benzene rings is 1. The third-order valence-electron chi connectivity index (χ3n) is 1.23. The van der Waals surface area contributed by atoms with Crippen molar-refractivity contribution in [1.82, 2.24) is 0 Å². The van der Waals surface area contributed by atoms with E-state index in [0.29, 0.717) is 5.75 Å². The van der Waals surface area contributed by atoms with E-state index in [-0.39, 0.29) is 5.69 Å². The fraction of sp³-hybridized carbons (Fsp3) is 0.143. The molecule has 1 rings (SSSR count). The fourth-order valence-electron chi connectivity index (χ4n) is 0.720. The SMILES string of the molecule is CSOc1ccc([N+](=O)[O-])cc1. The number of hydrogen-bond acceptors (Lipinski definition) is 4. The first kappa shape index (κ1) is 8.86. The van der Waals surface area contributed by atoms with Gasteiger partial charge in [-0.05, 0) is 12.1 Å². The first-order valence-corrected chi connectivity index (χ1v) is 4.34. The largest absolute Gasteiger partial charge is 0.426 e. The number of nitrogens with zero attached hydrogens (tertiary/aromatic N) is 1. The van der Waals surface area contributed by atoms with E-state index in [0.717, 1.165) is 0 Å². The second-order valence-corrected chi connectivity index (χ2v) is 2.50. The van der Waals surface area contributed by atoms with Crippen molar-refractivity contribution in [2.45, 2.75) is 0 Å². The van der Waals surface area contributed by atoms with Crippen molar-refractivity contribution < 1.29 is 9.11 Å². The topological polar surface area (TPSA) is 52.4 Å². The Morgan fingerprint density at radius 3 is 2.42 bits per heavy atom. The van der Waals surface area contributed by atoms with Crippen LogP contribution in [0, 0.1) is 10.1 Å². The molecule has 4 nitrogen and oxygen atoms in total. The molecule has 0 spiro atoms. The van der Waals surface area contributed by atoms with Gasteiger partial charge in [-0.1, -0.05) is 0 Å². The van der Waals surface area contributed by atoms with Crippen molar-refractivity contribution in [3.8, 4) is 5.75 Å². The molecule has 0 aliphatic heterocycles. The summed E-state index contributed by atoms with van der Waals surface area (Å²) >= 11 is 1.20. The van der Waals surface area contributed by atoms with Crippen molar-refractivity contribution >= 4 is 17.7 Å². The molecule has 0 atom stereocenters. The molecule has 0 fully saturated rings. The van der Waals surface area contributed by atoms with Gasteiger partial charge < -0.3 is 4.18 Å². The van der Waals surface area contributed by atoms with Gasteiger partial charge in [-0.2, -0.15) is 0 Å². The van der Waals surface area contributed by atoms with Crippen LogP contribution in [0.2, 0.25) is 0 Å². The highest BCUT2D eigenvalue weighted by atomic mass is 32.2. The number of non-ortho nitro benzene ring substituents is 1. The van der Waals surface area contributed by atoms with Crippen molar-refractivity contribution in [2.24, 2.45) is 0 Å². The molecule has 0 amide bonds. The molecule has 0 N–H and O–H groups in total. The van der Waals surface area contributed by atoms with Gasteiger partial charge in [0.2, 0.25) is 0 Å². The Bertz CT molecular complexity index is 272. The van der Waals surface area contributed by atoms with Gasteiger partial charge in [-0.15, -0.1) is 0 Å². The van der Waals surface area contributed by atoms with Gasteiger partial charge in [0.05, 0.1) is 17.0 Å². The van der Waals surface area contributed by atoms with Gasteiger partial charge >= 0.3 is 0 Å². The predicted molar refractivity (Wildman–Crippen MR) is 47.2 cm³/mol. The zero-order valence-corrected chi connectivity index (χ0v) is 7.21. The van der Waals surface area contributed by atoms with E-state index in [1.165, 1.54) is 24.2 Å². The first-order valence-electron chi connectivity index (χ1n) is 3.19. The van der Waals surface area contributed by atoms with Gasteiger partial charge in [0.15, 0.2) is 0 Å². The van der Waals surface area contributed by atoms with Gasteiger partial charge in [0.25, 0.3) is 5.69 Å². The molecule has 0 aliphatic carbocycles. The quantitative estimate of drug-likeness (QED) is 0.411. The highest BCUT2D eigenvalue weighted by Crippen LogP contribution is 2.19. The Morgan fingerprint density at radius 1 is 1.42 bits per heavy atom. The van der Waals surface area contributed by atoms with Gasteiger partial charge in [-0.25, -0.2) is 0 Å². The van der Waals surface area contributed by atoms with E-state index < -0.39 is 4.92 Å². The molecule has 0 bridgehead atoms. The normalized spacial score (nSPS) is 9.42. The number of rotatable bonds is 3. The summed E-state index contributed by atoms with van der Waals surface area (Å²) in [5.74, 6) is 0.619. The summed E-state index contributed by atoms with van der Waals surface area (Å²) in [6.45, 7) is 0. The van der Waals surface area contributed by atoms with Crippen molar-refractivity contribution in [3.05, 3.63) is 34.4 Å². The zero-order chi connectivity index (χ0) is 8.97. The third kappa shape index (κ3) is 2.13. The fourth-order valence-corrected chi connectivity index (χ4v) is 1.02. The molecule has 0 unspecified atom stereocenters. The van der Waals surface area contributed by atoms with Crippen LogP contribution in [0.3, 0.4) is 0 Å². The van der Waals surface area contributed by atoms with Crippen LogP contribution < -0.4 is 4.18 Å². The second-order valence-electron chi connectivity index (χ2n) is 2.00. The van der Waals surface area contributed by atoms with Crippen LogP contribution in [0.25, 0.3) is 0 Å². The smallest absolute Gasteiger partial charge is 0.269 e. The maximum absolute atomic E-state index is 10.2. The van der Waals surface area contributed by atoms with Crippen LogP contribution in [0.15, 0.2) is 24.3 Å². The molecule has 5 heteroatoms. The average Bonchev–Trinajstić information content (AvgIpc) is 2.06. The van der Waals surface area contributed by atoms with E-state index in [4.69, 9.17) is 4.18 Å². The van der Waals surface area contributed by atoms with Gasteiger partial charge in [0, 0.05) is 18.4 Å². The lowest BCUT2D eigenvalue weighted by Gasteiger charge is -1.98. The van der Waals surface area contributed by atoms with E-state index in [9.17, 15) is 10.1 Å². The van der Waals surface area contributed by atoms with E-state index >= 15 is 0 Å². The monoisotopic (exact) mass is 185 g/mol. The molecular formula is C7H7NO3S. The number of nitro benzene ring substituents is 1. The van der Waals surface area contributed by atoms with E-state index in [1.807, 2.05) is 0 Å². The van der Waals surface area contributed by atoms with Crippen LogP contribution >= 0.6 is 12.0 Å². The van der Waals surface area contributed by atoms with Crippen LogP contribution in [0.1, 0.15) is 0 Å². The molecule has 1 aromatic rings. The molecule has 0 radical (unpaired) electrons. The summed E-state index contributed by atoms with van der Waals surface area (Å²) in [6, 6.07) is 5.94. The molecule has 64 valence electrons. The molecule has 0 aromatic heterocycles. The molecule has 0 aliphatic rings. The van der Waals surface area contributed by atoms with Crippen molar-refractivity contribution in [2.75, 3.05) is 6.26 Å². The maximum Gasteiger partial charge on any atom is 0.269 e. The van der Waals surface area contributed by atoms with Gasteiger partial charge in [0.1, 0.15) is 5.75 Å². The third-order valence-corrected chi connectivity index (χ3v) is 1.59. The molecule has 0 heterocycles. The lowest BCUT2D eigenvalue weighted by atomic mass is 10.3. The molecule has 0 saturated heterocycles. The van der Waals surface area contributed by atoms with Gasteiger partial charge in [-0.3, -0.25) is 10.1 Å². The summed E-state index contributed by atoms with van der Waals surface area (Å²) in [5.41, 5.74) is 0.0726. The molecular weight excluding hydrogens is 178 g/mol. The van der Waals surface area contributed by atoms with Crippen molar-refractivity contribution in [3.63, 3.8) is 0 Å². The average molecular weight is 185 g/mol. The van der Waals surface area contributed by atoms with Crippen molar-refractivity contribution in [1.29, 1.82) is 0 Å². The summed E-state index contributed by atoms with van der Waals surface area (Å²) in [4.78, 5) is 9.79. The first-order chi connectivity index (χ1) is 5.74. The standard InChI is InChI=1S/C7H7NO3S/c1-12-11-7-4-2-6(3-5-7)8(9)10/h2-5H,1H3. The molecule has 1 aromatic carbocycles. The lowest BCUT2D eigenvalue weighted by molar-refractivity contribution is -0.384. The van der Waals surface area contributed by atoms with E-state index in [1.54, 1.807) is 18.4 Å². The molecule has 0 saturated carbocycles. The minimum atomic E-state index is -0.442. The summed E-state index contributed by atoms with van der Waals surface area (Å²) in [6.07, 6.45) is 1.78. The number of nitro groups is 1. The Hall–Kier alpha value is -1.23. The highest BCUT2D eigenvalue weighted by molar-refractivity contribution is 7.94. The zero-order valence-electron chi connectivity index (χ0n) is 6.39. The Balaban J connectivity index is 2.78. The van der Waals surface area contributed by atoms with Crippen LogP contribution in [0.4, 0.5) is 5.69 Å². The van der Waals surface area contributed by atoms with Crippen LogP contribution in [0.5, 0.6) is 5.75 Å². The minimum absolute atomic E-state index is 0.0726. The Morgan fingerprint density at radius 2 is 2.00 bits per heavy atom. The maximum atomic E-state index is 10.2. The van der Waals surface area contributed by atoms with Crippen LogP contribution in [-0.2, 0) is 0 Å². The Labute approximate surface area is 73.9 Å². The summed E-state index contributed by atoms with van der Waals surface area (Å²) in [5, 5.41) is 10.2. The Kier molecular flexibility index (Phi) is 2.93. The lowest BCUT2D eigenvalue weighted by Crippen LogP contribution is -1.87. The summed E-state index contributed by atoms with van der Waals surface area (Å²) < 4.78 is 5.03. The van der Waals surface area contributed by atoms with Crippen LogP contribution in [-0.4, -0.2) is 11.2 Å².